The lowest BCUT2D eigenvalue weighted by Crippen LogP contribution is -1.95. The zero-order valence-electron chi connectivity index (χ0n) is 12.2. The highest BCUT2D eigenvalue weighted by Crippen LogP contribution is 2.33. The quantitative estimate of drug-likeness (QED) is 0.579. The molecule has 24 heavy (non-hydrogen) atoms. The molecule has 2 aromatic heterocycles. The van der Waals surface area contributed by atoms with Crippen molar-refractivity contribution in [2.75, 3.05) is 5.32 Å². The van der Waals surface area contributed by atoms with E-state index in [1.165, 1.54) is 18.5 Å². The fraction of sp³-hybridized carbons (Fsp3) is 0. The molecule has 7 heteroatoms. The third kappa shape index (κ3) is 2.68. The fourth-order valence-corrected chi connectivity index (χ4v) is 2.57. The van der Waals surface area contributed by atoms with Crippen molar-refractivity contribution in [1.29, 1.82) is 0 Å². The summed E-state index contributed by atoms with van der Waals surface area (Å²) in [6, 6.07) is 13.2. The van der Waals surface area contributed by atoms with Crippen molar-refractivity contribution in [2.45, 2.75) is 0 Å². The standard InChI is InChI=1S/C17H10ClFN4O/c18-11-3-1-2-10(8-11)15-14-16(20-9-21-17(14)24-23-15)22-13-6-4-12(19)5-7-13/h1-9H,(H,20,21,22). The zero-order chi connectivity index (χ0) is 16.5. The van der Waals surface area contributed by atoms with E-state index in [1.807, 2.05) is 12.1 Å². The Labute approximate surface area is 141 Å². The van der Waals surface area contributed by atoms with Gasteiger partial charge < -0.3 is 9.84 Å². The third-order valence-electron chi connectivity index (χ3n) is 3.48. The molecule has 0 radical (unpaired) electrons. The minimum absolute atomic E-state index is 0.307. The maximum absolute atomic E-state index is 13.1. The van der Waals surface area contributed by atoms with E-state index in [1.54, 1.807) is 24.3 Å². The molecule has 0 atom stereocenters. The number of benzene rings is 2. The van der Waals surface area contributed by atoms with E-state index >= 15 is 0 Å². The molecular weight excluding hydrogens is 331 g/mol. The number of rotatable bonds is 3. The van der Waals surface area contributed by atoms with Crippen LogP contribution in [-0.2, 0) is 0 Å². The van der Waals surface area contributed by atoms with E-state index in [9.17, 15) is 4.39 Å². The molecule has 118 valence electrons. The summed E-state index contributed by atoms with van der Waals surface area (Å²) in [7, 11) is 0. The molecule has 0 saturated carbocycles. The minimum Gasteiger partial charge on any atom is -0.339 e. The van der Waals surface area contributed by atoms with Gasteiger partial charge in [-0.2, -0.15) is 4.98 Å². The molecule has 0 aliphatic rings. The molecular formula is C17H10ClFN4O. The second-order valence-electron chi connectivity index (χ2n) is 5.08. The molecule has 0 spiro atoms. The molecule has 0 aliphatic carbocycles. The summed E-state index contributed by atoms with van der Waals surface area (Å²) >= 11 is 6.06. The lowest BCUT2D eigenvalue weighted by molar-refractivity contribution is 0.451. The van der Waals surface area contributed by atoms with Gasteiger partial charge in [-0.1, -0.05) is 28.9 Å². The topological polar surface area (TPSA) is 63.8 Å². The molecule has 0 aliphatic heterocycles. The van der Waals surface area contributed by atoms with Crippen molar-refractivity contribution < 1.29 is 8.91 Å². The number of nitrogens with zero attached hydrogens (tertiary/aromatic N) is 3. The summed E-state index contributed by atoms with van der Waals surface area (Å²) in [6.07, 6.45) is 1.38. The van der Waals surface area contributed by atoms with Crippen molar-refractivity contribution in [1.82, 2.24) is 15.1 Å². The molecule has 1 N–H and O–H groups in total. The summed E-state index contributed by atoms with van der Waals surface area (Å²) in [5.74, 6) is 0.209. The number of hydrogen-bond acceptors (Lipinski definition) is 5. The maximum atomic E-state index is 13.1. The average molecular weight is 341 g/mol. The molecule has 5 nitrogen and oxygen atoms in total. The summed E-state index contributed by atoms with van der Waals surface area (Å²) in [5, 5.41) is 8.44. The Morgan fingerprint density at radius 2 is 1.88 bits per heavy atom. The van der Waals surface area contributed by atoms with E-state index in [4.69, 9.17) is 16.1 Å². The van der Waals surface area contributed by atoms with Crippen LogP contribution in [0.3, 0.4) is 0 Å². The Hall–Kier alpha value is -2.99. The van der Waals surface area contributed by atoms with Crippen LogP contribution >= 0.6 is 11.6 Å². The van der Waals surface area contributed by atoms with E-state index in [0.717, 1.165) is 5.56 Å². The van der Waals surface area contributed by atoms with Crippen molar-refractivity contribution >= 4 is 34.2 Å². The maximum Gasteiger partial charge on any atom is 0.263 e. The average Bonchev–Trinajstić information content (AvgIpc) is 3.02. The van der Waals surface area contributed by atoms with Gasteiger partial charge in [0.1, 0.15) is 29.0 Å². The van der Waals surface area contributed by atoms with Gasteiger partial charge in [0.2, 0.25) is 0 Å². The Morgan fingerprint density at radius 1 is 1.04 bits per heavy atom. The highest BCUT2D eigenvalue weighted by atomic mass is 35.5. The van der Waals surface area contributed by atoms with Crippen molar-refractivity contribution in [2.24, 2.45) is 0 Å². The molecule has 0 bridgehead atoms. The Morgan fingerprint density at radius 3 is 2.67 bits per heavy atom. The Kier molecular flexibility index (Phi) is 3.59. The van der Waals surface area contributed by atoms with Crippen LogP contribution in [0.2, 0.25) is 5.02 Å². The van der Waals surface area contributed by atoms with E-state index in [0.29, 0.717) is 33.3 Å². The van der Waals surface area contributed by atoms with Crippen LogP contribution < -0.4 is 5.32 Å². The van der Waals surface area contributed by atoms with E-state index < -0.39 is 0 Å². The molecule has 0 amide bonds. The Balaban J connectivity index is 1.84. The minimum atomic E-state index is -0.307. The molecule has 0 fully saturated rings. The van der Waals surface area contributed by atoms with Crippen LogP contribution in [-0.4, -0.2) is 15.1 Å². The van der Waals surface area contributed by atoms with Gasteiger partial charge in [-0.15, -0.1) is 0 Å². The van der Waals surface area contributed by atoms with Crippen LogP contribution in [0.1, 0.15) is 0 Å². The predicted molar refractivity (Wildman–Crippen MR) is 89.7 cm³/mol. The second-order valence-corrected chi connectivity index (χ2v) is 5.51. The largest absolute Gasteiger partial charge is 0.339 e. The van der Waals surface area contributed by atoms with Crippen LogP contribution in [0.25, 0.3) is 22.4 Å². The number of nitrogens with one attached hydrogen (secondary N) is 1. The van der Waals surface area contributed by atoms with Gasteiger partial charge in [0.05, 0.1) is 0 Å². The predicted octanol–water partition coefficient (Wildman–Crippen LogP) is 4.82. The lowest BCUT2D eigenvalue weighted by atomic mass is 10.1. The first-order chi connectivity index (χ1) is 11.7. The van der Waals surface area contributed by atoms with E-state index in [-0.39, 0.29) is 5.82 Å². The fourth-order valence-electron chi connectivity index (χ4n) is 2.38. The summed E-state index contributed by atoms with van der Waals surface area (Å²) in [6.45, 7) is 0. The highest BCUT2D eigenvalue weighted by Gasteiger charge is 2.17. The number of hydrogen-bond donors (Lipinski definition) is 1. The van der Waals surface area contributed by atoms with Gasteiger partial charge >= 0.3 is 0 Å². The normalized spacial score (nSPS) is 10.9. The zero-order valence-corrected chi connectivity index (χ0v) is 13.0. The van der Waals surface area contributed by atoms with E-state index in [2.05, 4.69) is 20.4 Å². The van der Waals surface area contributed by atoms with Gasteiger partial charge in [0.15, 0.2) is 0 Å². The van der Waals surface area contributed by atoms with Crippen LogP contribution in [0.5, 0.6) is 0 Å². The Bertz CT molecular complexity index is 1020. The molecule has 2 heterocycles. The van der Waals surface area contributed by atoms with Gasteiger partial charge in [-0.3, -0.25) is 0 Å². The molecule has 0 saturated heterocycles. The molecule has 2 aromatic carbocycles. The first-order valence-electron chi connectivity index (χ1n) is 7.09. The smallest absolute Gasteiger partial charge is 0.263 e. The second kappa shape index (κ2) is 5.90. The monoisotopic (exact) mass is 340 g/mol. The number of halogens is 2. The van der Waals surface area contributed by atoms with Crippen LogP contribution in [0.15, 0.2) is 59.4 Å². The first-order valence-corrected chi connectivity index (χ1v) is 7.47. The van der Waals surface area contributed by atoms with Gasteiger partial charge in [-0.05, 0) is 36.4 Å². The summed E-state index contributed by atoms with van der Waals surface area (Å²) < 4.78 is 18.4. The van der Waals surface area contributed by atoms with Gasteiger partial charge in [-0.25, -0.2) is 9.37 Å². The van der Waals surface area contributed by atoms with Crippen molar-refractivity contribution in [3.05, 3.63) is 65.7 Å². The molecule has 4 aromatic rings. The first kappa shape index (κ1) is 14.6. The molecule has 0 unspecified atom stereocenters. The summed E-state index contributed by atoms with van der Waals surface area (Å²) in [5.41, 5.74) is 2.41. The number of fused-ring (bicyclic) bond motifs is 1. The van der Waals surface area contributed by atoms with Gasteiger partial charge in [0, 0.05) is 16.3 Å². The van der Waals surface area contributed by atoms with Crippen LogP contribution in [0.4, 0.5) is 15.9 Å². The third-order valence-corrected chi connectivity index (χ3v) is 3.71. The summed E-state index contributed by atoms with van der Waals surface area (Å²) in [4.78, 5) is 8.35. The van der Waals surface area contributed by atoms with Gasteiger partial charge in [0.25, 0.3) is 5.71 Å². The number of anilines is 2. The number of aromatic nitrogens is 3. The SMILES string of the molecule is Fc1ccc(Nc2ncnc3onc(-c4cccc(Cl)c4)c23)cc1. The van der Waals surface area contributed by atoms with Crippen molar-refractivity contribution in [3.63, 3.8) is 0 Å². The highest BCUT2D eigenvalue weighted by molar-refractivity contribution is 6.30. The van der Waals surface area contributed by atoms with Crippen LogP contribution in [0, 0.1) is 5.82 Å². The molecule has 4 rings (SSSR count). The lowest BCUT2D eigenvalue weighted by Gasteiger charge is -2.06. The van der Waals surface area contributed by atoms with Crippen molar-refractivity contribution in [3.8, 4) is 11.3 Å².